The van der Waals surface area contributed by atoms with E-state index in [1.165, 1.54) is 12.5 Å². The van der Waals surface area contributed by atoms with Crippen LogP contribution in [0.2, 0.25) is 0 Å². The number of aromatic nitrogens is 5. The normalized spacial score (nSPS) is 10.4. The highest BCUT2D eigenvalue weighted by Crippen LogP contribution is 2.19. The number of nitrogen functional groups attached to an aromatic ring is 1. The van der Waals surface area contributed by atoms with Crippen molar-refractivity contribution >= 4 is 17.0 Å². The number of nitrogens with one attached hydrogen (secondary N) is 1. The maximum absolute atomic E-state index is 8.70. The van der Waals surface area contributed by atoms with Crippen molar-refractivity contribution in [2.45, 2.75) is 0 Å². The quantitative estimate of drug-likeness (QED) is 0.648. The molecule has 3 aromatic rings. The molecule has 0 atom stereocenters. The average molecular weight is 237 g/mol. The van der Waals surface area contributed by atoms with E-state index in [4.69, 9.17) is 11.0 Å². The van der Waals surface area contributed by atoms with Gasteiger partial charge in [0.05, 0.1) is 5.56 Å². The second-order valence-corrected chi connectivity index (χ2v) is 3.59. The molecule has 0 aliphatic rings. The van der Waals surface area contributed by atoms with E-state index in [-0.39, 0.29) is 0 Å². The van der Waals surface area contributed by atoms with Crippen LogP contribution in [-0.4, -0.2) is 24.9 Å². The van der Waals surface area contributed by atoms with E-state index >= 15 is 0 Å². The molecule has 0 saturated heterocycles. The minimum atomic E-state index is 0.340. The first kappa shape index (κ1) is 10.2. The third-order valence-electron chi connectivity index (χ3n) is 2.45. The third-order valence-corrected chi connectivity index (χ3v) is 2.45. The number of rotatable bonds is 1. The van der Waals surface area contributed by atoms with E-state index in [1.807, 2.05) is 6.07 Å². The topological polar surface area (TPSA) is 117 Å². The minimum Gasteiger partial charge on any atom is -0.382 e. The Morgan fingerprint density at radius 3 is 2.78 bits per heavy atom. The molecule has 0 saturated carbocycles. The van der Waals surface area contributed by atoms with Crippen molar-refractivity contribution < 1.29 is 0 Å². The molecular weight excluding hydrogens is 230 g/mol. The standard InChI is InChI=1S/C11H7N7/c12-3-6-1-2-7(14-4-6)10-17-8-9(13)15-5-16-11(8)18-10/h1-2,4-5H,(H3,13,15,16,17,18). The van der Waals surface area contributed by atoms with Gasteiger partial charge in [0.15, 0.2) is 17.3 Å². The van der Waals surface area contributed by atoms with Crippen molar-refractivity contribution in [2.75, 3.05) is 5.73 Å². The smallest absolute Gasteiger partial charge is 0.183 e. The SMILES string of the molecule is N#Cc1ccc(-c2nc3ncnc(N)c3[nH]2)nc1. The Morgan fingerprint density at radius 2 is 2.11 bits per heavy atom. The molecule has 0 unspecified atom stereocenters. The van der Waals surface area contributed by atoms with Gasteiger partial charge in [-0.05, 0) is 12.1 Å². The summed E-state index contributed by atoms with van der Waals surface area (Å²) >= 11 is 0. The van der Waals surface area contributed by atoms with Gasteiger partial charge in [-0.15, -0.1) is 0 Å². The van der Waals surface area contributed by atoms with Gasteiger partial charge in [-0.25, -0.2) is 15.0 Å². The van der Waals surface area contributed by atoms with Gasteiger partial charge in [0.25, 0.3) is 0 Å². The molecule has 0 aliphatic carbocycles. The van der Waals surface area contributed by atoms with Gasteiger partial charge in [-0.2, -0.15) is 5.26 Å². The largest absolute Gasteiger partial charge is 0.382 e. The van der Waals surface area contributed by atoms with Gasteiger partial charge >= 0.3 is 0 Å². The number of imidazole rings is 1. The van der Waals surface area contributed by atoms with E-state index < -0.39 is 0 Å². The van der Waals surface area contributed by atoms with Gasteiger partial charge in [0.2, 0.25) is 0 Å². The van der Waals surface area contributed by atoms with Crippen LogP contribution >= 0.6 is 0 Å². The fourth-order valence-electron chi connectivity index (χ4n) is 1.57. The zero-order valence-electron chi connectivity index (χ0n) is 9.12. The number of anilines is 1. The lowest BCUT2D eigenvalue weighted by Gasteiger charge is -1.94. The zero-order valence-corrected chi connectivity index (χ0v) is 9.12. The van der Waals surface area contributed by atoms with E-state index in [9.17, 15) is 0 Å². The minimum absolute atomic E-state index is 0.340. The fourth-order valence-corrected chi connectivity index (χ4v) is 1.57. The molecule has 18 heavy (non-hydrogen) atoms. The predicted octanol–water partition coefficient (Wildman–Crippen LogP) is 0.869. The Kier molecular flexibility index (Phi) is 2.13. The number of aromatic amines is 1. The van der Waals surface area contributed by atoms with Crippen LogP contribution < -0.4 is 5.73 Å². The summed E-state index contributed by atoms with van der Waals surface area (Å²) in [5.74, 6) is 0.883. The summed E-state index contributed by atoms with van der Waals surface area (Å²) in [6, 6.07) is 5.39. The number of hydrogen-bond donors (Lipinski definition) is 2. The van der Waals surface area contributed by atoms with Crippen LogP contribution in [0.5, 0.6) is 0 Å². The number of hydrogen-bond acceptors (Lipinski definition) is 6. The van der Waals surface area contributed by atoms with Crippen molar-refractivity contribution in [3.05, 3.63) is 30.2 Å². The molecular formula is C11H7N7. The van der Waals surface area contributed by atoms with Crippen LogP contribution in [-0.2, 0) is 0 Å². The Morgan fingerprint density at radius 1 is 1.22 bits per heavy atom. The Hall–Kier alpha value is -3.01. The lowest BCUT2D eigenvalue weighted by atomic mass is 10.2. The second kappa shape index (κ2) is 3.78. The van der Waals surface area contributed by atoms with Crippen LogP contribution in [0.15, 0.2) is 24.7 Å². The molecule has 3 N–H and O–H groups in total. The number of nitrogens with two attached hydrogens (primary N) is 1. The summed E-state index contributed by atoms with van der Waals surface area (Å²) < 4.78 is 0. The molecule has 0 spiro atoms. The number of nitrogens with zero attached hydrogens (tertiary/aromatic N) is 5. The van der Waals surface area contributed by atoms with Gasteiger partial charge in [0.1, 0.15) is 23.6 Å². The van der Waals surface area contributed by atoms with Crippen molar-refractivity contribution in [3.8, 4) is 17.6 Å². The summed E-state index contributed by atoms with van der Waals surface area (Å²) in [6.45, 7) is 0. The Balaban J connectivity index is 2.14. The Bertz CT molecular complexity index is 751. The summed E-state index contributed by atoms with van der Waals surface area (Å²) in [5, 5.41) is 8.70. The van der Waals surface area contributed by atoms with Gasteiger partial charge in [0, 0.05) is 6.20 Å². The van der Waals surface area contributed by atoms with Crippen LogP contribution in [0.25, 0.3) is 22.7 Å². The number of nitriles is 1. The maximum Gasteiger partial charge on any atom is 0.183 e. The molecule has 7 heteroatoms. The number of fused-ring (bicyclic) bond motifs is 1. The molecule has 0 radical (unpaired) electrons. The highest BCUT2D eigenvalue weighted by Gasteiger charge is 2.09. The summed E-state index contributed by atoms with van der Waals surface area (Å²) in [6.07, 6.45) is 2.84. The van der Waals surface area contributed by atoms with E-state index in [0.717, 1.165) is 0 Å². The third kappa shape index (κ3) is 1.53. The molecule has 0 aromatic carbocycles. The van der Waals surface area contributed by atoms with E-state index in [1.54, 1.807) is 12.1 Å². The molecule has 3 rings (SSSR count). The molecule has 3 heterocycles. The van der Waals surface area contributed by atoms with Crippen molar-refractivity contribution in [3.63, 3.8) is 0 Å². The lowest BCUT2D eigenvalue weighted by Crippen LogP contribution is -1.91. The highest BCUT2D eigenvalue weighted by atomic mass is 15.1. The number of pyridine rings is 1. The van der Waals surface area contributed by atoms with Crippen LogP contribution in [0.4, 0.5) is 5.82 Å². The second-order valence-electron chi connectivity index (χ2n) is 3.59. The van der Waals surface area contributed by atoms with Gasteiger partial charge in [-0.1, -0.05) is 0 Å². The summed E-state index contributed by atoms with van der Waals surface area (Å²) in [7, 11) is 0. The fraction of sp³-hybridized carbons (Fsp3) is 0. The van der Waals surface area contributed by atoms with Crippen molar-refractivity contribution in [1.29, 1.82) is 5.26 Å². The first-order chi connectivity index (χ1) is 8.78. The van der Waals surface area contributed by atoms with Gasteiger partial charge in [-0.3, -0.25) is 4.98 Å². The first-order valence-corrected chi connectivity index (χ1v) is 5.10. The molecule has 86 valence electrons. The first-order valence-electron chi connectivity index (χ1n) is 5.10. The maximum atomic E-state index is 8.70. The average Bonchev–Trinajstić information content (AvgIpc) is 2.84. The molecule has 3 aromatic heterocycles. The van der Waals surface area contributed by atoms with Crippen molar-refractivity contribution in [1.82, 2.24) is 24.9 Å². The monoisotopic (exact) mass is 237 g/mol. The lowest BCUT2D eigenvalue weighted by molar-refractivity contribution is 1.20. The zero-order chi connectivity index (χ0) is 12.5. The van der Waals surface area contributed by atoms with E-state index in [0.29, 0.717) is 34.1 Å². The van der Waals surface area contributed by atoms with Crippen LogP contribution in [0.1, 0.15) is 5.56 Å². The predicted molar refractivity (Wildman–Crippen MR) is 64.0 cm³/mol. The molecule has 0 aliphatic heterocycles. The molecule has 0 bridgehead atoms. The van der Waals surface area contributed by atoms with Crippen molar-refractivity contribution in [2.24, 2.45) is 0 Å². The summed E-state index contributed by atoms with van der Waals surface area (Å²) in [5.41, 5.74) is 7.89. The molecule has 0 amide bonds. The van der Waals surface area contributed by atoms with Crippen LogP contribution in [0, 0.1) is 11.3 Å². The van der Waals surface area contributed by atoms with E-state index in [2.05, 4.69) is 24.9 Å². The van der Waals surface area contributed by atoms with Crippen LogP contribution in [0.3, 0.4) is 0 Å². The van der Waals surface area contributed by atoms with Gasteiger partial charge < -0.3 is 10.7 Å². The molecule has 0 fully saturated rings. The summed E-state index contributed by atoms with van der Waals surface area (Å²) in [4.78, 5) is 19.3. The Labute approximate surface area is 101 Å². The molecule has 7 nitrogen and oxygen atoms in total. The highest BCUT2D eigenvalue weighted by molar-refractivity contribution is 5.83. The number of H-pyrrole nitrogens is 1.